The molecule has 3 aromatic rings. The Hall–Kier alpha value is -3.17. The van der Waals surface area contributed by atoms with Gasteiger partial charge in [-0.25, -0.2) is 14.4 Å². The van der Waals surface area contributed by atoms with Crippen LogP contribution < -0.4 is 14.8 Å². The number of rotatable bonds is 7. The minimum atomic E-state index is -0.562. The van der Waals surface area contributed by atoms with E-state index in [4.69, 9.17) is 25.8 Å². The monoisotopic (exact) mass is 474 g/mol. The topological polar surface area (TPSA) is 85.8 Å². The first kappa shape index (κ1) is 23.0. The number of amides is 1. The van der Waals surface area contributed by atoms with E-state index < -0.39 is 5.82 Å². The highest BCUT2D eigenvalue weighted by Gasteiger charge is 2.25. The number of piperidine rings is 1. The van der Waals surface area contributed by atoms with Crippen molar-refractivity contribution in [2.75, 3.05) is 39.2 Å². The van der Waals surface area contributed by atoms with E-state index in [1.165, 1.54) is 19.5 Å². The number of likely N-dealkylation sites (tertiary alicyclic amines) is 1. The van der Waals surface area contributed by atoms with Crippen LogP contribution in [0, 0.1) is 5.82 Å². The molecule has 0 radical (unpaired) electrons. The van der Waals surface area contributed by atoms with Gasteiger partial charge in [-0.2, -0.15) is 0 Å². The number of methoxy groups -OCH3 is 2. The van der Waals surface area contributed by atoms with Gasteiger partial charge < -0.3 is 24.4 Å². The molecule has 33 heavy (non-hydrogen) atoms. The maximum atomic E-state index is 14.4. The first-order valence-corrected chi connectivity index (χ1v) is 10.8. The highest BCUT2D eigenvalue weighted by Crippen LogP contribution is 2.36. The molecule has 10 heteroatoms. The molecule has 0 aliphatic carbocycles. The summed E-state index contributed by atoms with van der Waals surface area (Å²) in [5.41, 5.74) is 0.815. The zero-order valence-electron chi connectivity index (χ0n) is 18.3. The quantitative estimate of drug-likeness (QED) is 0.549. The van der Waals surface area contributed by atoms with Crippen LogP contribution in [0.4, 0.5) is 15.9 Å². The molecule has 1 aliphatic rings. The number of fused-ring (bicyclic) bond motifs is 1. The van der Waals surface area contributed by atoms with Crippen molar-refractivity contribution in [1.82, 2.24) is 14.9 Å². The average molecular weight is 475 g/mol. The second kappa shape index (κ2) is 10.2. The summed E-state index contributed by atoms with van der Waals surface area (Å²) >= 11 is 5.89. The first-order chi connectivity index (χ1) is 16.0. The lowest BCUT2D eigenvalue weighted by atomic mass is 10.1. The number of hydrogen-bond donors (Lipinski definition) is 1. The number of nitrogens with one attached hydrogen (secondary N) is 1. The van der Waals surface area contributed by atoms with Gasteiger partial charge in [-0.05, 0) is 18.2 Å². The van der Waals surface area contributed by atoms with Crippen LogP contribution in [0.15, 0.2) is 36.7 Å². The molecule has 0 unspecified atom stereocenters. The third-order valence-electron chi connectivity index (χ3n) is 5.48. The average Bonchev–Trinajstić information content (AvgIpc) is 2.82. The van der Waals surface area contributed by atoms with Crippen molar-refractivity contribution in [2.45, 2.75) is 18.9 Å². The summed E-state index contributed by atoms with van der Waals surface area (Å²) in [4.78, 5) is 22.4. The molecule has 2 aromatic carbocycles. The van der Waals surface area contributed by atoms with Crippen molar-refractivity contribution in [2.24, 2.45) is 0 Å². The highest BCUT2D eigenvalue weighted by molar-refractivity contribution is 6.31. The zero-order chi connectivity index (χ0) is 23.4. The molecule has 0 spiro atoms. The molecule has 8 nitrogen and oxygen atoms in total. The third-order valence-corrected chi connectivity index (χ3v) is 5.77. The first-order valence-electron chi connectivity index (χ1n) is 10.5. The van der Waals surface area contributed by atoms with E-state index in [1.807, 2.05) is 0 Å². The van der Waals surface area contributed by atoms with Crippen LogP contribution in [0.25, 0.3) is 10.9 Å². The Labute approximate surface area is 195 Å². The molecule has 0 saturated carbocycles. The van der Waals surface area contributed by atoms with Crippen molar-refractivity contribution in [3.8, 4) is 11.5 Å². The maximum absolute atomic E-state index is 14.4. The molecular formula is C23H24ClFN4O4. The molecule has 1 N–H and O–H groups in total. The van der Waals surface area contributed by atoms with Gasteiger partial charge in [0, 0.05) is 44.5 Å². The fraction of sp³-hybridized carbons (Fsp3) is 0.348. The van der Waals surface area contributed by atoms with E-state index in [0.29, 0.717) is 54.2 Å². The van der Waals surface area contributed by atoms with Crippen molar-refractivity contribution in [3.63, 3.8) is 0 Å². The molecule has 1 aliphatic heterocycles. The lowest BCUT2D eigenvalue weighted by molar-refractivity contribution is -0.136. The fourth-order valence-corrected chi connectivity index (χ4v) is 3.94. The van der Waals surface area contributed by atoms with E-state index in [9.17, 15) is 9.18 Å². The number of ether oxygens (including phenoxy) is 3. The van der Waals surface area contributed by atoms with Crippen LogP contribution in [0.3, 0.4) is 0 Å². The van der Waals surface area contributed by atoms with Gasteiger partial charge in [-0.1, -0.05) is 17.7 Å². The summed E-state index contributed by atoms with van der Waals surface area (Å²) in [6.07, 6.45) is 2.72. The molecular weight excluding hydrogens is 451 g/mol. The van der Waals surface area contributed by atoms with E-state index in [0.717, 1.165) is 0 Å². The summed E-state index contributed by atoms with van der Waals surface area (Å²) < 4.78 is 31.1. The van der Waals surface area contributed by atoms with Gasteiger partial charge in [0.2, 0.25) is 5.91 Å². The van der Waals surface area contributed by atoms with E-state index in [2.05, 4.69) is 15.3 Å². The molecule has 2 heterocycles. The van der Waals surface area contributed by atoms with Gasteiger partial charge in [-0.15, -0.1) is 0 Å². The molecule has 0 atom stereocenters. The third kappa shape index (κ3) is 5.09. The van der Waals surface area contributed by atoms with Gasteiger partial charge in [0.1, 0.15) is 24.9 Å². The summed E-state index contributed by atoms with van der Waals surface area (Å²) in [6, 6.07) is 8.24. The molecule has 0 bridgehead atoms. The largest absolute Gasteiger partial charge is 0.493 e. The second-order valence-corrected chi connectivity index (χ2v) is 8.01. The van der Waals surface area contributed by atoms with Gasteiger partial charge in [0.05, 0.1) is 23.3 Å². The zero-order valence-corrected chi connectivity index (χ0v) is 19.1. The van der Waals surface area contributed by atoms with Crippen LogP contribution in [-0.2, 0) is 9.53 Å². The van der Waals surface area contributed by atoms with E-state index in [1.54, 1.807) is 36.3 Å². The van der Waals surface area contributed by atoms with Crippen molar-refractivity contribution < 1.29 is 23.4 Å². The Bertz CT molecular complexity index is 1150. The summed E-state index contributed by atoms with van der Waals surface area (Å²) in [5.74, 6) is 0.881. The maximum Gasteiger partial charge on any atom is 0.248 e. The van der Waals surface area contributed by atoms with E-state index >= 15 is 0 Å². The summed E-state index contributed by atoms with van der Waals surface area (Å²) in [6.45, 7) is 1.29. The van der Waals surface area contributed by atoms with Gasteiger partial charge in [0.25, 0.3) is 0 Å². The number of nitrogens with zero attached hydrogens (tertiary/aromatic N) is 3. The summed E-state index contributed by atoms with van der Waals surface area (Å²) in [7, 11) is 3.06. The van der Waals surface area contributed by atoms with Gasteiger partial charge in [0.15, 0.2) is 17.3 Å². The number of halogens is 2. The number of hydrogen-bond acceptors (Lipinski definition) is 7. The molecule has 174 valence electrons. The smallest absolute Gasteiger partial charge is 0.248 e. The molecule has 1 saturated heterocycles. The van der Waals surface area contributed by atoms with Crippen molar-refractivity contribution in [1.29, 1.82) is 0 Å². The minimum Gasteiger partial charge on any atom is -0.493 e. The van der Waals surface area contributed by atoms with Crippen LogP contribution in [-0.4, -0.2) is 60.8 Å². The minimum absolute atomic E-state index is 0.0154. The highest BCUT2D eigenvalue weighted by atomic mass is 35.5. The summed E-state index contributed by atoms with van der Waals surface area (Å²) in [5, 5.41) is 3.63. The molecule has 1 aromatic heterocycles. The lowest BCUT2D eigenvalue weighted by Crippen LogP contribution is -2.43. The SMILES string of the molecule is COCC(=O)N1CCC(Oc2cc3ncnc(Nc4cccc(Cl)c4F)c3cc2OC)CC1. The standard InChI is InChI=1S/C23H24ClFN4O4/c1-31-12-21(30)29-8-6-14(7-9-29)33-20-11-18-15(10-19(20)32-2)23(27-13-26-18)28-17-5-3-4-16(24)22(17)25/h3-5,10-11,13-14H,6-9,12H2,1-2H3,(H,26,27,28). The molecule has 4 rings (SSSR count). The number of aromatic nitrogens is 2. The number of benzene rings is 2. The Morgan fingerprint density at radius 2 is 2.00 bits per heavy atom. The van der Waals surface area contributed by atoms with E-state index in [-0.39, 0.29) is 29.3 Å². The predicted molar refractivity (Wildman–Crippen MR) is 123 cm³/mol. The number of carbonyl (C=O) groups is 1. The number of anilines is 2. The fourth-order valence-electron chi connectivity index (χ4n) is 3.76. The van der Waals surface area contributed by atoms with Crippen LogP contribution in [0.1, 0.15) is 12.8 Å². The Balaban J connectivity index is 1.55. The Morgan fingerprint density at radius 1 is 1.21 bits per heavy atom. The lowest BCUT2D eigenvalue weighted by Gasteiger charge is -2.32. The normalized spacial score (nSPS) is 14.4. The Morgan fingerprint density at radius 3 is 2.73 bits per heavy atom. The van der Waals surface area contributed by atoms with Crippen LogP contribution in [0.5, 0.6) is 11.5 Å². The molecule has 1 fully saturated rings. The van der Waals surface area contributed by atoms with Crippen LogP contribution >= 0.6 is 11.6 Å². The number of carbonyl (C=O) groups excluding carboxylic acids is 1. The van der Waals surface area contributed by atoms with Gasteiger partial charge >= 0.3 is 0 Å². The second-order valence-electron chi connectivity index (χ2n) is 7.60. The van der Waals surface area contributed by atoms with Crippen LogP contribution in [0.2, 0.25) is 5.02 Å². The van der Waals surface area contributed by atoms with Gasteiger partial charge in [-0.3, -0.25) is 4.79 Å². The molecule has 1 amide bonds. The van der Waals surface area contributed by atoms with Crippen molar-refractivity contribution in [3.05, 3.63) is 47.5 Å². The Kier molecular flexibility index (Phi) is 7.10. The van der Waals surface area contributed by atoms with Crippen molar-refractivity contribution >= 4 is 39.9 Å². The predicted octanol–water partition coefficient (Wildman–Crippen LogP) is 4.19.